The molecule has 0 rings (SSSR count). The van der Waals surface area contributed by atoms with E-state index in [1.54, 1.807) is 0 Å². The molecule has 0 radical (unpaired) electrons. The van der Waals surface area contributed by atoms with E-state index in [1.807, 2.05) is 0 Å². The van der Waals surface area contributed by atoms with Crippen molar-refractivity contribution < 1.29 is 40.6 Å². The van der Waals surface area contributed by atoms with Crippen molar-refractivity contribution in [3.8, 4) is 0 Å². The molecule has 0 spiro atoms. The van der Waals surface area contributed by atoms with Crippen LogP contribution in [0.3, 0.4) is 0 Å². The molecule has 0 amide bonds. The van der Waals surface area contributed by atoms with Crippen LogP contribution in [-0.2, 0) is 14.2 Å². The predicted octanol–water partition coefficient (Wildman–Crippen LogP) is 2.46. The van der Waals surface area contributed by atoms with E-state index in [1.165, 1.54) is 14.0 Å². The molecule has 0 aromatic heterocycles. The highest BCUT2D eigenvalue weighted by Crippen LogP contribution is 2.35. The smallest absolute Gasteiger partial charge is 0.356 e. The zero-order valence-corrected chi connectivity index (χ0v) is 8.35. The Morgan fingerprint density at radius 3 is 1.69 bits per heavy atom. The lowest BCUT2D eigenvalue weighted by Gasteiger charge is -2.23. The Kier molecular flexibility index (Phi) is 5.50. The molecule has 0 N–H and O–H groups in total. The molecule has 0 aromatic carbocycles. The molecular weight excluding hydrogens is 246 g/mol. The first-order valence-corrected chi connectivity index (χ1v) is 3.98. The largest absolute Gasteiger partial charge is 0.423 e. The van der Waals surface area contributed by atoms with Gasteiger partial charge in [-0.2, -0.15) is 26.3 Å². The number of hydrogen-bond acceptors (Lipinski definition) is 3. The van der Waals surface area contributed by atoms with Crippen LogP contribution in [-0.4, -0.2) is 38.6 Å². The predicted molar refractivity (Wildman–Crippen MR) is 39.4 cm³/mol. The van der Waals surface area contributed by atoms with Crippen molar-refractivity contribution in [2.45, 2.75) is 31.7 Å². The average molecular weight is 256 g/mol. The van der Waals surface area contributed by atoms with Crippen molar-refractivity contribution in [3.05, 3.63) is 0 Å². The van der Waals surface area contributed by atoms with Crippen LogP contribution >= 0.6 is 0 Å². The van der Waals surface area contributed by atoms with Crippen LogP contribution in [0.1, 0.15) is 6.92 Å². The minimum atomic E-state index is -5.53. The van der Waals surface area contributed by atoms with E-state index in [9.17, 15) is 26.3 Å². The van der Waals surface area contributed by atoms with Gasteiger partial charge >= 0.3 is 12.4 Å². The third-order valence-corrected chi connectivity index (χ3v) is 1.46. The summed E-state index contributed by atoms with van der Waals surface area (Å²) in [6.45, 7) is 0.123. The highest BCUT2D eigenvalue weighted by molar-refractivity contribution is 4.75. The van der Waals surface area contributed by atoms with E-state index in [2.05, 4.69) is 14.2 Å². The number of alkyl halides is 6. The highest BCUT2D eigenvalue weighted by atomic mass is 19.4. The minimum Gasteiger partial charge on any atom is -0.356 e. The second kappa shape index (κ2) is 5.69. The van der Waals surface area contributed by atoms with E-state index < -0.39 is 31.5 Å². The summed E-state index contributed by atoms with van der Waals surface area (Å²) >= 11 is 0. The van der Waals surface area contributed by atoms with Crippen molar-refractivity contribution in [2.75, 3.05) is 13.9 Å². The molecule has 0 heterocycles. The van der Waals surface area contributed by atoms with Crippen LogP contribution in [0.15, 0.2) is 0 Å². The van der Waals surface area contributed by atoms with E-state index in [0.717, 1.165) is 0 Å². The Morgan fingerprint density at radius 2 is 1.38 bits per heavy atom. The standard InChI is InChI=1S/C7H10F6O3/c1-4(14-2)15-3-16-5(6(8,9)10)7(11,12)13/h4-5H,3H2,1-2H3. The van der Waals surface area contributed by atoms with Crippen LogP contribution in [0.2, 0.25) is 0 Å². The molecule has 0 bridgehead atoms. The third-order valence-electron chi connectivity index (χ3n) is 1.46. The topological polar surface area (TPSA) is 27.7 Å². The molecule has 0 aromatic rings. The van der Waals surface area contributed by atoms with Gasteiger partial charge in [0.25, 0.3) is 6.10 Å². The SMILES string of the molecule is COC(C)OCOC(C(F)(F)F)C(F)(F)F. The zero-order valence-electron chi connectivity index (χ0n) is 8.35. The monoisotopic (exact) mass is 256 g/mol. The van der Waals surface area contributed by atoms with Gasteiger partial charge in [0.15, 0.2) is 13.1 Å². The summed E-state index contributed by atoms with van der Waals surface area (Å²) < 4.78 is 83.7. The van der Waals surface area contributed by atoms with Gasteiger partial charge in [-0.3, -0.25) is 0 Å². The van der Waals surface area contributed by atoms with E-state index in [0.29, 0.717) is 0 Å². The molecule has 0 aliphatic rings. The van der Waals surface area contributed by atoms with Crippen molar-refractivity contribution in [3.63, 3.8) is 0 Å². The van der Waals surface area contributed by atoms with Crippen molar-refractivity contribution >= 4 is 0 Å². The average Bonchev–Trinajstić information content (AvgIpc) is 2.07. The number of ether oxygens (including phenoxy) is 3. The summed E-state index contributed by atoms with van der Waals surface area (Å²) in [5, 5.41) is 0. The number of methoxy groups -OCH3 is 1. The lowest BCUT2D eigenvalue weighted by atomic mass is 10.3. The van der Waals surface area contributed by atoms with Gasteiger partial charge in [0.1, 0.15) is 0 Å². The molecule has 1 atom stereocenters. The van der Waals surface area contributed by atoms with Gasteiger partial charge in [-0.1, -0.05) is 0 Å². The molecule has 98 valence electrons. The third kappa shape index (κ3) is 5.52. The quantitative estimate of drug-likeness (QED) is 0.558. The van der Waals surface area contributed by atoms with Gasteiger partial charge < -0.3 is 14.2 Å². The molecule has 0 aliphatic carbocycles. The lowest BCUT2D eigenvalue weighted by molar-refractivity contribution is -0.342. The summed E-state index contributed by atoms with van der Waals surface area (Å²) in [5.41, 5.74) is 0. The maximum absolute atomic E-state index is 11.9. The van der Waals surface area contributed by atoms with E-state index in [-0.39, 0.29) is 0 Å². The fourth-order valence-corrected chi connectivity index (χ4v) is 0.646. The normalized spacial score (nSPS) is 15.6. The lowest BCUT2D eigenvalue weighted by Crippen LogP contribution is -2.44. The van der Waals surface area contributed by atoms with Gasteiger partial charge in [-0.25, -0.2) is 0 Å². The van der Waals surface area contributed by atoms with Gasteiger partial charge in [0, 0.05) is 7.11 Å². The first-order valence-electron chi connectivity index (χ1n) is 3.98. The Balaban J connectivity index is 4.26. The number of hydrogen-bond donors (Lipinski definition) is 0. The number of rotatable bonds is 5. The van der Waals surface area contributed by atoms with Crippen LogP contribution in [0.5, 0.6) is 0 Å². The Morgan fingerprint density at radius 1 is 0.938 bits per heavy atom. The summed E-state index contributed by atoms with van der Waals surface area (Å²) in [7, 11) is 1.18. The molecule has 1 unspecified atom stereocenters. The molecular formula is C7H10F6O3. The molecule has 0 fully saturated rings. The second-order valence-corrected chi connectivity index (χ2v) is 2.72. The van der Waals surface area contributed by atoms with E-state index in [4.69, 9.17) is 0 Å². The number of halogens is 6. The summed E-state index contributed by atoms with van der Waals surface area (Å²) in [5.74, 6) is 0. The van der Waals surface area contributed by atoms with Crippen LogP contribution in [0, 0.1) is 0 Å². The van der Waals surface area contributed by atoms with Gasteiger partial charge in [0.05, 0.1) is 0 Å². The summed E-state index contributed by atoms with van der Waals surface area (Å²) in [4.78, 5) is 0. The van der Waals surface area contributed by atoms with Gasteiger partial charge in [0.2, 0.25) is 0 Å². The van der Waals surface area contributed by atoms with Crippen molar-refractivity contribution in [2.24, 2.45) is 0 Å². The zero-order chi connectivity index (χ0) is 13.0. The molecule has 3 nitrogen and oxygen atoms in total. The van der Waals surface area contributed by atoms with Crippen molar-refractivity contribution in [1.82, 2.24) is 0 Å². The van der Waals surface area contributed by atoms with Gasteiger partial charge in [-0.05, 0) is 6.92 Å². The minimum absolute atomic E-state index is 0.956. The van der Waals surface area contributed by atoms with Crippen LogP contribution < -0.4 is 0 Å². The fraction of sp³-hybridized carbons (Fsp3) is 1.00. The van der Waals surface area contributed by atoms with Crippen molar-refractivity contribution in [1.29, 1.82) is 0 Å². The molecule has 16 heavy (non-hydrogen) atoms. The molecule has 0 aliphatic heterocycles. The van der Waals surface area contributed by atoms with E-state index >= 15 is 0 Å². The van der Waals surface area contributed by atoms with Gasteiger partial charge in [-0.15, -0.1) is 0 Å². The Labute approximate surface area is 87.3 Å². The van der Waals surface area contributed by atoms with Crippen LogP contribution in [0.25, 0.3) is 0 Å². The fourth-order valence-electron chi connectivity index (χ4n) is 0.646. The highest BCUT2D eigenvalue weighted by Gasteiger charge is 2.58. The molecule has 0 saturated heterocycles. The first-order chi connectivity index (χ1) is 7.09. The molecule has 9 heteroatoms. The summed E-state index contributed by atoms with van der Waals surface area (Å²) in [6.07, 6.45) is -15.9. The Bertz CT molecular complexity index is 187. The van der Waals surface area contributed by atoms with Crippen LogP contribution in [0.4, 0.5) is 26.3 Å². The first kappa shape index (κ1) is 15.5. The Hall–Kier alpha value is -0.540. The summed E-state index contributed by atoms with van der Waals surface area (Å²) in [6, 6.07) is 0. The molecule has 0 saturated carbocycles. The maximum Gasteiger partial charge on any atom is 0.423 e. The maximum atomic E-state index is 11.9. The second-order valence-electron chi connectivity index (χ2n) is 2.72.